The molecular formula is C23H24IrN3O-. The molecule has 0 saturated carbocycles. The summed E-state index contributed by atoms with van der Waals surface area (Å²) in [6.45, 7) is 10.8. The average molecular weight is 551 g/mol. The van der Waals surface area contributed by atoms with E-state index in [2.05, 4.69) is 66.5 Å². The smallest absolute Gasteiger partial charge is 0.180 e. The van der Waals surface area contributed by atoms with E-state index in [-0.39, 0.29) is 20.1 Å². The van der Waals surface area contributed by atoms with Crippen molar-refractivity contribution in [3.63, 3.8) is 0 Å². The zero-order chi connectivity index (χ0) is 19.1. The van der Waals surface area contributed by atoms with Crippen molar-refractivity contribution in [3.8, 4) is 17.1 Å². The number of aryl methyl sites for hydroxylation is 1. The summed E-state index contributed by atoms with van der Waals surface area (Å²) in [4.78, 5) is 9.01. The van der Waals surface area contributed by atoms with Crippen LogP contribution in [0.15, 0.2) is 47.1 Å². The van der Waals surface area contributed by atoms with Gasteiger partial charge in [-0.05, 0) is 23.0 Å². The number of hydrogen-bond acceptors (Lipinski definition) is 3. The number of imidazole rings is 1. The normalized spacial score (nSPS) is 11.4. The van der Waals surface area contributed by atoms with Crippen LogP contribution in [0, 0.1) is 13.0 Å². The second-order valence-electron chi connectivity index (χ2n) is 7.54. The van der Waals surface area contributed by atoms with Gasteiger partial charge in [0.1, 0.15) is 0 Å². The predicted octanol–water partition coefficient (Wildman–Crippen LogP) is 6.03. The van der Waals surface area contributed by atoms with Crippen LogP contribution in [-0.2, 0) is 20.1 Å². The summed E-state index contributed by atoms with van der Waals surface area (Å²) < 4.78 is 7.89. The van der Waals surface area contributed by atoms with Crippen molar-refractivity contribution in [1.29, 1.82) is 0 Å². The minimum atomic E-state index is 0. The fraction of sp³-hybridized carbons (Fsp3) is 0.304. The molecule has 4 nitrogen and oxygen atoms in total. The third kappa shape index (κ3) is 3.57. The van der Waals surface area contributed by atoms with Crippen molar-refractivity contribution < 1.29 is 24.5 Å². The van der Waals surface area contributed by atoms with Crippen molar-refractivity contribution in [3.05, 3.63) is 65.8 Å². The standard InChI is InChI=1S/C23H24N3O.Ir/c1-14(2)18-7-6-8-19(15(3)4)22(18)26-12-11-24-23(26)17-9-10-20-21(13-17)27-16(5)25-20;/h6-8,10-15H,1-5H3;/q-1;. The average Bonchev–Trinajstić information content (AvgIpc) is 3.25. The Kier molecular flexibility index (Phi) is 5.87. The largest absolute Gasteiger partial charge is 0.461 e. The van der Waals surface area contributed by atoms with Crippen LogP contribution in [0.5, 0.6) is 0 Å². The van der Waals surface area contributed by atoms with Gasteiger partial charge in [0.25, 0.3) is 0 Å². The molecule has 2 aromatic carbocycles. The van der Waals surface area contributed by atoms with Gasteiger partial charge in [0, 0.05) is 50.6 Å². The first-order valence-corrected chi connectivity index (χ1v) is 9.41. The third-order valence-corrected chi connectivity index (χ3v) is 4.89. The molecule has 2 heterocycles. The molecule has 0 N–H and O–H groups in total. The Hall–Kier alpha value is -2.23. The minimum absolute atomic E-state index is 0. The van der Waals surface area contributed by atoms with Crippen LogP contribution in [0.1, 0.15) is 56.5 Å². The second kappa shape index (κ2) is 8.02. The van der Waals surface area contributed by atoms with Gasteiger partial charge < -0.3 is 8.98 Å². The quantitative estimate of drug-likeness (QED) is 0.291. The maximum absolute atomic E-state index is 5.71. The molecule has 0 aliphatic heterocycles. The van der Waals surface area contributed by atoms with Gasteiger partial charge in [-0.1, -0.05) is 52.0 Å². The number of oxazole rings is 1. The van der Waals surface area contributed by atoms with E-state index >= 15 is 0 Å². The van der Waals surface area contributed by atoms with E-state index in [4.69, 9.17) is 4.42 Å². The molecule has 2 aromatic heterocycles. The zero-order valence-electron chi connectivity index (χ0n) is 16.8. The van der Waals surface area contributed by atoms with Gasteiger partial charge in [0.15, 0.2) is 5.89 Å². The Balaban J connectivity index is 0.00000225. The Morgan fingerprint density at radius 2 is 1.75 bits per heavy atom. The van der Waals surface area contributed by atoms with Crippen molar-refractivity contribution in [1.82, 2.24) is 14.5 Å². The molecule has 0 unspecified atom stereocenters. The fourth-order valence-electron chi connectivity index (χ4n) is 3.59. The van der Waals surface area contributed by atoms with Gasteiger partial charge in [-0.2, -0.15) is 0 Å². The van der Waals surface area contributed by atoms with Crippen LogP contribution in [0.2, 0.25) is 0 Å². The summed E-state index contributed by atoms with van der Waals surface area (Å²) in [6, 6.07) is 13.7. The second-order valence-corrected chi connectivity index (χ2v) is 7.54. The predicted molar refractivity (Wildman–Crippen MR) is 108 cm³/mol. The van der Waals surface area contributed by atoms with Crippen molar-refractivity contribution in [2.75, 3.05) is 0 Å². The van der Waals surface area contributed by atoms with Crippen molar-refractivity contribution in [2.24, 2.45) is 0 Å². The number of nitrogens with zero attached hydrogens (tertiary/aromatic N) is 3. The first-order chi connectivity index (χ1) is 13.0. The summed E-state index contributed by atoms with van der Waals surface area (Å²) in [5.74, 6) is 2.35. The number of para-hydroxylation sites is 1. The molecule has 0 bridgehead atoms. The summed E-state index contributed by atoms with van der Waals surface area (Å²) in [5, 5.41) is 0. The van der Waals surface area contributed by atoms with E-state index in [1.807, 2.05) is 31.5 Å². The van der Waals surface area contributed by atoms with E-state index in [0.29, 0.717) is 17.7 Å². The Morgan fingerprint density at radius 1 is 1.07 bits per heavy atom. The van der Waals surface area contributed by atoms with Gasteiger partial charge in [-0.15, -0.1) is 17.7 Å². The molecule has 1 radical (unpaired) electrons. The first kappa shape index (κ1) is 20.5. The van der Waals surface area contributed by atoms with Crippen LogP contribution in [0.25, 0.3) is 28.2 Å². The van der Waals surface area contributed by atoms with Crippen LogP contribution < -0.4 is 0 Å². The Bertz CT molecular complexity index is 1080. The molecule has 5 heteroatoms. The van der Waals surface area contributed by atoms with Crippen molar-refractivity contribution in [2.45, 2.75) is 46.5 Å². The SMILES string of the molecule is Cc1nc2c[c-]c(-c3nccn3-c3c(C(C)C)cccc3C(C)C)cc2o1.[Ir]. The molecule has 0 saturated heterocycles. The maximum atomic E-state index is 5.71. The summed E-state index contributed by atoms with van der Waals surface area (Å²) >= 11 is 0. The molecule has 4 rings (SSSR count). The van der Waals surface area contributed by atoms with E-state index in [1.54, 1.807) is 0 Å². The van der Waals surface area contributed by atoms with E-state index in [0.717, 1.165) is 22.5 Å². The van der Waals surface area contributed by atoms with E-state index < -0.39 is 0 Å². The molecule has 0 atom stereocenters. The number of fused-ring (bicyclic) bond motifs is 1. The van der Waals surface area contributed by atoms with E-state index in [9.17, 15) is 0 Å². The van der Waals surface area contributed by atoms with Gasteiger partial charge in [0.05, 0.1) is 11.4 Å². The number of aromatic nitrogens is 3. The molecular weight excluding hydrogens is 526 g/mol. The van der Waals surface area contributed by atoms with Crippen LogP contribution >= 0.6 is 0 Å². The summed E-state index contributed by atoms with van der Waals surface area (Å²) in [7, 11) is 0. The zero-order valence-corrected chi connectivity index (χ0v) is 19.2. The molecule has 4 aromatic rings. The monoisotopic (exact) mass is 551 g/mol. The van der Waals surface area contributed by atoms with Gasteiger partial charge >= 0.3 is 0 Å². The first-order valence-electron chi connectivity index (χ1n) is 9.41. The molecule has 0 amide bonds. The third-order valence-electron chi connectivity index (χ3n) is 4.89. The fourth-order valence-corrected chi connectivity index (χ4v) is 3.59. The maximum Gasteiger partial charge on any atom is 0.180 e. The number of hydrogen-bond donors (Lipinski definition) is 0. The van der Waals surface area contributed by atoms with Crippen molar-refractivity contribution >= 4 is 11.1 Å². The molecule has 28 heavy (non-hydrogen) atoms. The van der Waals surface area contributed by atoms with Crippen LogP contribution in [0.4, 0.5) is 0 Å². The summed E-state index contributed by atoms with van der Waals surface area (Å²) in [5.41, 5.74) is 6.33. The van der Waals surface area contributed by atoms with Gasteiger partial charge in [-0.3, -0.25) is 9.97 Å². The molecule has 0 fully saturated rings. The molecule has 0 aliphatic carbocycles. The van der Waals surface area contributed by atoms with Crippen LogP contribution in [-0.4, -0.2) is 14.5 Å². The number of rotatable bonds is 4. The topological polar surface area (TPSA) is 43.9 Å². The number of benzene rings is 2. The minimum Gasteiger partial charge on any atom is -0.461 e. The Morgan fingerprint density at radius 3 is 2.39 bits per heavy atom. The van der Waals surface area contributed by atoms with Gasteiger partial charge in [-0.25, -0.2) is 0 Å². The van der Waals surface area contributed by atoms with Gasteiger partial charge in [0.2, 0.25) is 0 Å². The Labute approximate surface area is 179 Å². The molecule has 147 valence electrons. The summed E-state index contributed by atoms with van der Waals surface area (Å²) in [6.07, 6.45) is 3.88. The van der Waals surface area contributed by atoms with Crippen LogP contribution in [0.3, 0.4) is 0 Å². The molecule has 0 spiro atoms. The van der Waals surface area contributed by atoms with E-state index in [1.165, 1.54) is 16.8 Å². The molecule has 0 aliphatic rings.